The maximum absolute atomic E-state index is 11.0. The van der Waals surface area contributed by atoms with Gasteiger partial charge in [0, 0.05) is 29.6 Å². The number of halogens is 1. The van der Waals surface area contributed by atoms with Crippen molar-refractivity contribution >= 4 is 34.3 Å². The monoisotopic (exact) mass is 386 g/mol. The molecule has 0 spiro atoms. The van der Waals surface area contributed by atoms with Crippen molar-refractivity contribution < 1.29 is 14.6 Å². The number of carboxylic acid groups (broad SMARTS) is 1. The molecule has 1 atom stereocenters. The largest absolute Gasteiger partial charge is 0.481 e. The first-order valence-electron chi connectivity index (χ1n) is 8.78. The Bertz CT molecular complexity index is 957. The van der Waals surface area contributed by atoms with Crippen LogP contribution in [0.5, 0.6) is 0 Å². The van der Waals surface area contributed by atoms with Crippen LogP contribution in [0.4, 0.5) is 5.82 Å². The van der Waals surface area contributed by atoms with E-state index in [2.05, 4.69) is 9.88 Å². The van der Waals surface area contributed by atoms with Crippen LogP contribution in [0.15, 0.2) is 42.7 Å². The predicted molar refractivity (Wildman–Crippen MR) is 103 cm³/mol. The third-order valence-electron chi connectivity index (χ3n) is 4.73. The Morgan fingerprint density at radius 2 is 2.11 bits per heavy atom. The average molecular weight is 387 g/mol. The van der Waals surface area contributed by atoms with Crippen molar-refractivity contribution in [3.63, 3.8) is 0 Å². The molecule has 0 amide bonds. The molecule has 0 radical (unpaired) electrons. The zero-order valence-electron chi connectivity index (χ0n) is 14.6. The van der Waals surface area contributed by atoms with Crippen LogP contribution < -0.4 is 4.90 Å². The third-order valence-corrected chi connectivity index (χ3v) is 4.98. The van der Waals surface area contributed by atoms with Gasteiger partial charge in [-0.3, -0.25) is 9.78 Å². The highest BCUT2D eigenvalue weighted by atomic mass is 35.5. The Morgan fingerprint density at radius 1 is 1.30 bits per heavy atom. The van der Waals surface area contributed by atoms with E-state index in [0.29, 0.717) is 31.2 Å². The van der Waals surface area contributed by atoms with E-state index in [9.17, 15) is 4.79 Å². The van der Waals surface area contributed by atoms with E-state index in [1.165, 1.54) is 0 Å². The maximum atomic E-state index is 11.0. The lowest BCUT2D eigenvalue weighted by atomic mass is 10.1. The van der Waals surface area contributed by atoms with Crippen LogP contribution in [-0.2, 0) is 9.53 Å². The summed E-state index contributed by atoms with van der Waals surface area (Å²) in [6.45, 7) is 1.75. The molecule has 140 valence electrons. The van der Waals surface area contributed by atoms with Crippen molar-refractivity contribution in [1.29, 1.82) is 0 Å². The molecule has 8 heteroatoms. The van der Waals surface area contributed by atoms with Gasteiger partial charge in [0.2, 0.25) is 0 Å². The van der Waals surface area contributed by atoms with Gasteiger partial charge < -0.3 is 14.7 Å². The Kier molecular flexibility index (Phi) is 4.96. The van der Waals surface area contributed by atoms with Crippen molar-refractivity contribution in [2.24, 2.45) is 0 Å². The first-order valence-corrected chi connectivity index (χ1v) is 9.16. The first kappa shape index (κ1) is 17.8. The van der Waals surface area contributed by atoms with Gasteiger partial charge in [-0.25, -0.2) is 4.68 Å². The summed E-state index contributed by atoms with van der Waals surface area (Å²) in [5, 5.41) is 15.5. The van der Waals surface area contributed by atoms with Crippen molar-refractivity contribution in [2.45, 2.75) is 18.9 Å². The minimum atomic E-state index is -0.804. The SMILES string of the molecule is O=C(O)CCC1COCCN1c1nn(-c2ccc(Cl)cc2)c2cnccc12. The molecule has 3 aromatic rings. The van der Waals surface area contributed by atoms with Gasteiger partial charge in [0.15, 0.2) is 5.82 Å². The summed E-state index contributed by atoms with van der Waals surface area (Å²) in [7, 11) is 0. The van der Waals surface area contributed by atoms with Crippen LogP contribution in [-0.4, -0.2) is 51.6 Å². The van der Waals surface area contributed by atoms with Gasteiger partial charge in [-0.15, -0.1) is 5.10 Å². The van der Waals surface area contributed by atoms with Crippen molar-refractivity contribution in [2.75, 3.05) is 24.7 Å². The summed E-state index contributed by atoms with van der Waals surface area (Å²) in [6.07, 6.45) is 4.14. The second-order valence-electron chi connectivity index (χ2n) is 6.46. The van der Waals surface area contributed by atoms with Gasteiger partial charge >= 0.3 is 5.97 Å². The van der Waals surface area contributed by atoms with E-state index in [1.54, 1.807) is 12.4 Å². The zero-order valence-corrected chi connectivity index (χ0v) is 15.3. The zero-order chi connectivity index (χ0) is 18.8. The van der Waals surface area contributed by atoms with Crippen molar-refractivity contribution in [3.05, 3.63) is 47.7 Å². The van der Waals surface area contributed by atoms with E-state index in [0.717, 1.165) is 22.4 Å². The number of fused-ring (bicyclic) bond motifs is 1. The van der Waals surface area contributed by atoms with E-state index in [1.807, 2.05) is 35.0 Å². The molecule has 0 saturated carbocycles. The summed E-state index contributed by atoms with van der Waals surface area (Å²) in [5.41, 5.74) is 1.78. The summed E-state index contributed by atoms with van der Waals surface area (Å²) >= 11 is 6.01. The predicted octanol–water partition coefficient (Wildman–Crippen LogP) is 3.14. The fraction of sp³-hybridized carbons (Fsp3) is 0.316. The van der Waals surface area contributed by atoms with E-state index < -0.39 is 5.97 Å². The highest BCUT2D eigenvalue weighted by Crippen LogP contribution is 2.31. The lowest BCUT2D eigenvalue weighted by molar-refractivity contribution is -0.137. The number of nitrogens with zero attached hydrogens (tertiary/aromatic N) is 4. The standard InChI is InChI=1S/C19H19ClN4O3/c20-13-1-3-14(4-2-13)24-17-11-21-8-7-16(17)19(22-24)23-9-10-27-12-15(23)5-6-18(25)26/h1-4,7-8,11,15H,5-6,9-10,12H2,(H,25,26). The molecule has 1 aliphatic heterocycles. The van der Waals surface area contributed by atoms with Gasteiger partial charge in [0.25, 0.3) is 0 Å². The smallest absolute Gasteiger partial charge is 0.303 e. The number of benzene rings is 1. The van der Waals surface area contributed by atoms with Crippen LogP contribution in [0.2, 0.25) is 5.02 Å². The van der Waals surface area contributed by atoms with Gasteiger partial charge in [-0.2, -0.15) is 0 Å². The molecular weight excluding hydrogens is 368 g/mol. The number of hydrogen-bond donors (Lipinski definition) is 1. The summed E-state index contributed by atoms with van der Waals surface area (Å²) in [4.78, 5) is 17.4. The number of ether oxygens (including phenoxy) is 1. The summed E-state index contributed by atoms with van der Waals surface area (Å²) in [5.74, 6) is 0.0160. The molecule has 1 N–H and O–H groups in total. The number of carbonyl (C=O) groups is 1. The molecule has 1 aliphatic rings. The normalized spacial score (nSPS) is 17.4. The lowest BCUT2D eigenvalue weighted by Crippen LogP contribution is -2.46. The van der Waals surface area contributed by atoms with E-state index in [-0.39, 0.29) is 12.5 Å². The van der Waals surface area contributed by atoms with Crippen molar-refractivity contribution in [1.82, 2.24) is 14.8 Å². The molecule has 4 rings (SSSR count). The van der Waals surface area contributed by atoms with Crippen LogP contribution in [0.3, 0.4) is 0 Å². The fourth-order valence-electron chi connectivity index (χ4n) is 3.40. The quantitative estimate of drug-likeness (QED) is 0.725. The molecular formula is C19H19ClN4O3. The molecule has 0 bridgehead atoms. The van der Waals surface area contributed by atoms with Crippen molar-refractivity contribution in [3.8, 4) is 5.69 Å². The Morgan fingerprint density at radius 3 is 2.89 bits per heavy atom. The number of morpholine rings is 1. The van der Waals surface area contributed by atoms with Gasteiger partial charge in [-0.1, -0.05) is 11.6 Å². The molecule has 1 unspecified atom stereocenters. The number of pyridine rings is 1. The molecule has 1 fully saturated rings. The molecule has 7 nitrogen and oxygen atoms in total. The topological polar surface area (TPSA) is 80.5 Å². The number of aliphatic carboxylic acids is 1. The molecule has 1 aromatic carbocycles. The molecule has 2 aromatic heterocycles. The Labute approximate surface area is 161 Å². The number of carboxylic acids is 1. The van der Waals surface area contributed by atoms with Crippen LogP contribution in [0.25, 0.3) is 16.6 Å². The summed E-state index contributed by atoms with van der Waals surface area (Å²) in [6, 6.07) is 9.38. The average Bonchev–Trinajstić information content (AvgIpc) is 3.07. The molecule has 27 heavy (non-hydrogen) atoms. The first-order chi connectivity index (χ1) is 13.1. The molecule has 0 aliphatic carbocycles. The van der Waals surface area contributed by atoms with Crippen LogP contribution in [0, 0.1) is 0 Å². The highest BCUT2D eigenvalue weighted by molar-refractivity contribution is 6.30. The number of rotatable bonds is 5. The number of aromatic nitrogens is 3. The third kappa shape index (κ3) is 3.61. The Hall–Kier alpha value is -2.64. The van der Waals surface area contributed by atoms with Gasteiger partial charge in [0.1, 0.15) is 0 Å². The lowest BCUT2D eigenvalue weighted by Gasteiger charge is -2.35. The second kappa shape index (κ2) is 7.54. The van der Waals surface area contributed by atoms with Crippen LogP contribution >= 0.6 is 11.6 Å². The highest BCUT2D eigenvalue weighted by Gasteiger charge is 2.28. The van der Waals surface area contributed by atoms with Gasteiger partial charge in [-0.05, 0) is 36.8 Å². The fourth-order valence-corrected chi connectivity index (χ4v) is 3.53. The second-order valence-corrected chi connectivity index (χ2v) is 6.90. The maximum Gasteiger partial charge on any atom is 0.303 e. The van der Waals surface area contributed by atoms with Gasteiger partial charge in [0.05, 0.1) is 36.7 Å². The number of hydrogen-bond acceptors (Lipinski definition) is 5. The molecule has 1 saturated heterocycles. The number of anilines is 1. The Balaban J connectivity index is 1.76. The van der Waals surface area contributed by atoms with Crippen LogP contribution in [0.1, 0.15) is 12.8 Å². The van der Waals surface area contributed by atoms with E-state index in [4.69, 9.17) is 26.5 Å². The minimum Gasteiger partial charge on any atom is -0.481 e. The summed E-state index contributed by atoms with van der Waals surface area (Å²) < 4.78 is 7.43. The minimum absolute atomic E-state index is 0.0280. The van der Waals surface area contributed by atoms with E-state index >= 15 is 0 Å². The molecule has 3 heterocycles.